The zero-order valence-electron chi connectivity index (χ0n) is 19.2. The highest BCUT2D eigenvalue weighted by Crippen LogP contribution is 2.30. The van der Waals surface area contributed by atoms with Crippen LogP contribution in [0.25, 0.3) is 0 Å². The highest BCUT2D eigenvalue weighted by atomic mass is 19.1. The predicted molar refractivity (Wildman–Crippen MR) is 124 cm³/mol. The van der Waals surface area contributed by atoms with E-state index in [1.54, 1.807) is 0 Å². The summed E-state index contributed by atoms with van der Waals surface area (Å²) in [5, 5.41) is 12.0. The number of hydrogen-bond acceptors (Lipinski definition) is 6. The lowest BCUT2D eigenvalue weighted by Crippen LogP contribution is -2.42. The van der Waals surface area contributed by atoms with Crippen LogP contribution in [0.5, 0.6) is 11.5 Å². The maximum Gasteiger partial charge on any atom is 0.308 e. The van der Waals surface area contributed by atoms with Gasteiger partial charge in [-0.05, 0) is 50.8 Å². The Morgan fingerprint density at radius 2 is 2.00 bits per heavy atom. The lowest BCUT2D eigenvalue weighted by Gasteiger charge is -2.34. The van der Waals surface area contributed by atoms with E-state index in [9.17, 15) is 19.1 Å². The van der Waals surface area contributed by atoms with Crippen molar-refractivity contribution in [2.24, 2.45) is 5.92 Å². The Kier molecular flexibility index (Phi) is 7.49. The second-order valence-corrected chi connectivity index (χ2v) is 8.69. The van der Waals surface area contributed by atoms with E-state index in [0.29, 0.717) is 44.0 Å². The molecular weight excluding hydrogens is 441 g/mol. The van der Waals surface area contributed by atoms with Crippen LogP contribution in [0.2, 0.25) is 0 Å². The minimum atomic E-state index is -0.923. The first-order chi connectivity index (χ1) is 16.5. The fourth-order valence-electron chi connectivity index (χ4n) is 4.70. The van der Waals surface area contributed by atoms with E-state index in [2.05, 4.69) is 10.3 Å². The van der Waals surface area contributed by atoms with E-state index in [0.717, 1.165) is 25.3 Å². The van der Waals surface area contributed by atoms with Crippen LogP contribution in [-0.4, -0.2) is 53.8 Å². The fourth-order valence-corrected chi connectivity index (χ4v) is 4.70. The SMILES string of the molecule is CCOc1ccccc1OC1CCCN(c2ncc(C(=O)NC3CCC[C@@H]3C(=O)O)cc2F)C1. The summed E-state index contributed by atoms with van der Waals surface area (Å²) < 4.78 is 26.8. The number of carbonyl (C=O) groups excluding carboxylic acids is 1. The minimum Gasteiger partial charge on any atom is -0.490 e. The molecule has 9 heteroatoms. The van der Waals surface area contributed by atoms with Crippen molar-refractivity contribution in [2.45, 2.75) is 51.2 Å². The number of hydrogen-bond donors (Lipinski definition) is 2. The summed E-state index contributed by atoms with van der Waals surface area (Å²) in [7, 11) is 0. The van der Waals surface area contributed by atoms with Crippen LogP contribution < -0.4 is 19.7 Å². The van der Waals surface area contributed by atoms with E-state index in [1.807, 2.05) is 36.1 Å². The number of nitrogens with zero attached hydrogens (tertiary/aromatic N) is 2. The molecule has 2 aliphatic rings. The van der Waals surface area contributed by atoms with Crippen LogP contribution in [0.3, 0.4) is 0 Å². The summed E-state index contributed by atoms with van der Waals surface area (Å²) in [6.45, 7) is 3.53. The second-order valence-electron chi connectivity index (χ2n) is 8.69. The maximum absolute atomic E-state index is 15.0. The van der Waals surface area contributed by atoms with Crippen LogP contribution in [0.1, 0.15) is 49.4 Å². The number of carboxylic acids is 1. The number of nitrogens with one attached hydrogen (secondary N) is 1. The van der Waals surface area contributed by atoms with Crippen molar-refractivity contribution in [3.05, 3.63) is 47.9 Å². The van der Waals surface area contributed by atoms with Crippen LogP contribution in [0.15, 0.2) is 36.5 Å². The van der Waals surface area contributed by atoms with Gasteiger partial charge in [0.2, 0.25) is 0 Å². The van der Waals surface area contributed by atoms with E-state index >= 15 is 0 Å². The van der Waals surface area contributed by atoms with E-state index in [1.165, 1.54) is 6.20 Å². The average Bonchev–Trinajstić information content (AvgIpc) is 3.29. The third kappa shape index (κ3) is 5.40. The number of aromatic nitrogens is 1. The smallest absolute Gasteiger partial charge is 0.308 e. The number of pyridine rings is 1. The van der Waals surface area contributed by atoms with Gasteiger partial charge in [0.25, 0.3) is 5.91 Å². The first-order valence-electron chi connectivity index (χ1n) is 11.8. The van der Waals surface area contributed by atoms with Gasteiger partial charge in [0.1, 0.15) is 6.10 Å². The van der Waals surface area contributed by atoms with Crippen molar-refractivity contribution < 1.29 is 28.6 Å². The number of halogens is 1. The molecule has 2 fully saturated rings. The molecule has 4 rings (SSSR count). The number of piperidine rings is 1. The average molecular weight is 472 g/mol. The Morgan fingerprint density at radius 3 is 2.74 bits per heavy atom. The molecule has 0 bridgehead atoms. The highest BCUT2D eigenvalue weighted by Gasteiger charge is 2.34. The van der Waals surface area contributed by atoms with Gasteiger partial charge in [-0.2, -0.15) is 0 Å². The quantitative estimate of drug-likeness (QED) is 0.606. The first kappa shape index (κ1) is 23.8. The van der Waals surface area contributed by atoms with Gasteiger partial charge in [-0.3, -0.25) is 9.59 Å². The van der Waals surface area contributed by atoms with Crippen molar-refractivity contribution in [2.75, 3.05) is 24.6 Å². The van der Waals surface area contributed by atoms with E-state index < -0.39 is 29.7 Å². The molecule has 1 aromatic heterocycles. The summed E-state index contributed by atoms with van der Waals surface area (Å²) >= 11 is 0. The molecule has 1 saturated heterocycles. The van der Waals surface area contributed by atoms with Gasteiger partial charge in [-0.1, -0.05) is 18.6 Å². The number of ether oxygens (including phenoxy) is 2. The van der Waals surface area contributed by atoms with Gasteiger partial charge in [0.15, 0.2) is 23.1 Å². The van der Waals surface area contributed by atoms with Crippen molar-refractivity contribution in [3.63, 3.8) is 0 Å². The third-order valence-electron chi connectivity index (χ3n) is 6.35. The largest absolute Gasteiger partial charge is 0.490 e. The Labute approximate surface area is 198 Å². The normalized spacial score (nSPS) is 22.3. The molecule has 1 amide bonds. The molecule has 8 nitrogen and oxygen atoms in total. The summed E-state index contributed by atoms with van der Waals surface area (Å²) in [5.74, 6) is -1.13. The molecule has 1 saturated carbocycles. The lowest BCUT2D eigenvalue weighted by molar-refractivity contribution is -0.142. The lowest BCUT2D eigenvalue weighted by atomic mass is 10.0. The number of carbonyl (C=O) groups is 2. The zero-order chi connectivity index (χ0) is 24.1. The van der Waals surface area contributed by atoms with E-state index in [-0.39, 0.29) is 17.5 Å². The number of anilines is 1. The van der Waals surface area contributed by atoms with E-state index in [4.69, 9.17) is 9.47 Å². The standard InChI is InChI=1S/C25H30FN3O5/c1-2-33-21-10-3-4-11-22(21)34-17-7-6-12-29(15-17)23-19(26)13-16(14-27-23)24(30)28-20-9-5-8-18(20)25(31)32/h3-4,10-11,13-14,17-18,20H,2,5-9,12,15H2,1H3,(H,28,30)(H,31,32)/t17?,18-,20?/m0/s1. The number of carboxylic acid groups (broad SMARTS) is 1. The molecule has 2 unspecified atom stereocenters. The number of para-hydroxylation sites is 2. The molecule has 2 N–H and O–H groups in total. The summed E-state index contributed by atoms with van der Waals surface area (Å²) in [6, 6.07) is 8.19. The van der Waals surface area contributed by atoms with Crippen LogP contribution >= 0.6 is 0 Å². The number of benzene rings is 1. The molecule has 0 radical (unpaired) electrons. The molecule has 1 aliphatic carbocycles. The molecule has 34 heavy (non-hydrogen) atoms. The molecule has 1 aliphatic heterocycles. The van der Waals surface area contributed by atoms with Crippen molar-refractivity contribution in [1.29, 1.82) is 0 Å². The Morgan fingerprint density at radius 1 is 1.21 bits per heavy atom. The molecule has 2 aromatic rings. The first-order valence-corrected chi connectivity index (χ1v) is 11.8. The fraction of sp³-hybridized carbons (Fsp3) is 0.480. The number of rotatable bonds is 8. The maximum atomic E-state index is 15.0. The predicted octanol–water partition coefficient (Wildman–Crippen LogP) is 3.65. The van der Waals surface area contributed by atoms with Crippen LogP contribution in [-0.2, 0) is 4.79 Å². The summed E-state index contributed by atoms with van der Waals surface area (Å²) in [4.78, 5) is 30.0. The highest BCUT2D eigenvalue weighted by molar-refractivity contribution is 5.94. The zero-order valence-corrected chi connectivity index (χ0v) is 19.2. The van der Waals surface area contributed by atoms with Gasteiger partial charge in [-0.15, -0.1) is 0 Å². The van der Waals surface area contributed by atoms with Crippen molar-refractivity contribution in [3.8, 4) is 11.5 Å². The summed E-state index contributed by atoms with van der Waals surface area (Å²) in [6.07, 6.45) is 4.68. The molecule has 0 spiro atoms. The van der Waals surface area contributed by atoms with Gasteiger partial charge in [0, 0.05) is 18.8 Å². The third-order valence-corrected chi connectivity index (χ3v) is 6.35. The Hall–Kier alpha value is -3.36. The molecule has 1 aromatic carbocycles. The molecule has 2 heterocycles. The van der Waals surface area contributed by atoms with Gasteiger partial charge in [-0.25, -0.2) is 9.37 Å². The van der Waals surface area contributed by atoms with Crippen molar-refractivity contribution >= 4 is 17.7 Å². The summed E-state index contributed by atoms with van der Waals surface area (Å²) in [5.41, 5.74) is 0.0766. The van der Waals surface area contributed by atoms with Gasteiger partial charge in [0.05, 0.1) is 24.6 Å². The molecular formula is C25H30FN3O5. The van der Waals surface area contributed by atoms with Gasteiger partial charge < -0.3 is 24.8 Å². The van der Waals surface area contributed by atoms with Crippen LogP contribution in [0.4, 0.5) is 10.2 Å². The monoisotopic (exact) mass is 471 g/mol. The Bertz CT molecular complexity index is 1030. The van der Waals surface area contributed by atoms with Crippen molar-refractivity contribution in [1.82, 2.24) is 10.3 Å². The molecule has 182 valence electrons. The topological polar surface area (TPSA) is 101 Å². The second kappa shape index (κ2) is 10.7. The minimum absolute atomic E-state index is 0.0766. The van der Waals surface area contributed by atoms with Gasteiger partial charge >= 0.3 is 5.97 Å². The number of aliphatic carboxylic acids is 1. The molecule has 3 atom stereocenters. The number of amides is 1. The van der Waals surface area contributed by atoms with Crippen LogP contribution in [0, 0.1) is 11.7 Å². The Balaban J connectivity index is 1.41.